The van der Waals surface area contributed by atoms with Gasteiger partial charge in [0.1, 0.15) is 12.0 Å². The van der Waals surface area contributed by atoms with Crippen molar-refractivity contribution in [2.45, 2.75) is 0 Å². The standard InChI is InChI=1S/C6H3N3/c1-2-7-3-6-5(1)8-4-9-6/h1,3-4H. The maximum Gasteiger partial charge on any atom is 0.116 e. The van der Waals surface area contributed by atoms with Gasteiger partial charge in [-0.15, -0.1) is 0 Å². The maximum atomic E-state index is 3.94. The molecule has 0 aliphatic carbocycles. The molecular weight excluding hydrogens is 114 g/mol. The van der Waals surface area contributed by atoms with Gasteiger partial charge in [-0.2, -0.15) is 0 Å². The summed E-state index contributed by atoms with van der Waals surface area (Å²) in [6, 6.07) is 1.71. The molecule has 0 saturated heterocycles. The molecule has 1 aromatic heterocycles. The number of fused-ring (bicyclic) bond motifs is 1. The fourth-order valence-electron chi connectivity index (χ4n) is 0.693. The summed E-state index contributed by atoms with van der Waals surface area (Å²) in [5.41, 5.74) is 1.68. The van der Waals surface area contributed by atoms with E-state index in [4.69, 9.17) is 0 Å². The summed E-state index contributed by atoms with van der Waals surface area (Å²) < 4.78 is 0. The van der Waals surface area contributed by atoms with Gasteiger partial charge in [-0.1, -0.05) is 0 Å². The van der Waals surface area contributed by atoms with Crippen LogP contribution in [0.15, 0.2) is 17.3 Å². The Morgan fingerprint density at radius 1 is 1.33 bits per heavy atom. The van der Waals surface area contributed by atoms with Crippen molar-refractivity contribution in [3.05, 3.63) is 18.5 Å². The quantitative estimate of drug-likeness (QED) is 0.495. The Bertz CT molecular complexity index is 254. The zero-order valence-electron chi connectivity index (χ0n) is 4.57. The van der Waals surface area contributed by atoms with Crippen molar-refractivity contribution in [3.8, 4) is 0 Å². The molecule has 9 heavy (non-hydrogen) atoms. The monoisotopic (exact) mass is 117 g/mol. The maximum absolute atomic E-state index is 3.94. The molecule has 0 atom stereocenters. The van der Waals surface area contributed by atoms with Gasteiger partial charge in [-0.3, -0.25) is 4.98 Å². The second-order valence-electron chi connectivity index (χ2n) is 1.68. The Hall–Kier alpha value is -1.38. The van der Waals surface area contributed by atoms with Gasteiger partial charge < -0.3 is 0 Å². The zero-order valence-corrected chi connectivity index (χ0v) is 4.57. The van der Waals surface area contributed by atoms with Gasteiger partial charge in [0, 0.05) is 0 Å². The number of aliphatic imine (C=N–C) groups is 1. The number of rotatable bonds is 0. The van der Waals surface area contributed by atoms with Crippen molar-refractivity contribution >= 4 is 17.7 Å². The normalized spacial score (nSPS) is 12.9. The van der Waals surface area contributed by atoms with Crippen molar-refractivity contribution in [1.82, 2.24) is 10.3 Å². The van der Waals surface area contributed by atoms with E-state index in [0.717, 1.165) is 11.4 Å². The van der Waals surface area contributed by atoms with Gasteiger partial charge in [0.2, 0.25) is 0 Å². The molecule has 2 rings (SSSR count). The molecule has 1 aliphatic rings. The Morgan fingerprint density at radius 2 is 2.33 bits per heavy atom. The smallest absolute Gasteiger partial charge is 0.116 e. The van der Waals surface area contributed by atoms with E-state index in [0.29, 0.717) is 0 Å². The van der Waals surface area contributed by atoms with Crippen LogP contribution in [-0.4, -0.2) is 11.3 Å². The van der Waals surface area contributed by atoms with Crippen LogP contribution in [0.2, 0.25) is 0 Å². The number of hydrogen-bond donors (Lipinski definition) is 0. The lowest BCUT2D eigenvalue weighted by Gasteiger charge is -1.88. The summed E-state index contributed by atoms with van der Waals surface area (Å²) in [5, 5.41) is 3.94. The topological polar surface area (TPSA) is 39.4 Å². The molecule has 0 unspecified atom stereocenters. The summed E-state index contributed by atoms with van der Waals surface area (Å²) in [6.45, 7) is 0. The lowest BCUT2D eigenvalue weighted by atomic mass is 10.4. The Morgan fingerprint density at radius 3 is 3.22 bits per heavy atom. The minimum Gasteiger partial charge on any atom is -0.252 e. The molecule has 0 fully saturated rings. The van der Waals surface area contributed by atoms with E-state index < -0.39 is 0 Å². The predicted octanol–water partition coefficient (Wildman–Crippen LogP) is 0.791. The average molecular weight is 117 g/mol. The van der Waals surface area contributed by atoms with E-state index in [1.54, 1.807) is 12.3 Å². The molecule has 0 aromatic carbocycles. The lowest BCUT2D eigenvalue weighted by molar-refractivity contribution is 1.27. The molecule has 0 spiro atoms. The van der Waals surface area contributed by atoms with Gasteiger partial charge in [0.15, 0.2) is 0 Å². The first-order chi connectivity index (χ1) is 4.47. The Labute approximate surface area is 52.5 Å². The third-order valence-corrected chi connectivity index (χ3v) is 1.12. The Balaban J connectivity index is 2.63. The van der Waals surface area contributed by atoms with Gasteiger partial charge in [0.05, 0.1) is 18.1 Å². The minimum absolute atomic E-state index is 0.828. The Kier molecular flexibility index (Phi) is 0.773. The van der Waals surface area contributed by atoms with Crippen LogP contribution in [0.1, 0.15) is 0 Å². The van der Waals surface area contributed by atoms with Crippen LogP contribution in [-0.2, 0) is 0 Å². The molecule has 0 amide bonds. The summed E-state index contributed by atoms with van der Waals surface area (Å²) in [6.07, 6.45) is 5.82. The molecule has 3 nitrogen and oxygen atoms in total. The van der Waals surface area contributed by atoms with Crippen molar-refractivity contribution in [1.29, 1.82) is 0 Å². The van der Waals surface area contributed by atoms with Crippen molar-refractivity contribution in [2.75, 3.05) is 0 Å². The zero-order chi connectivity index (χ0) is 6.10. The van der Waals surface area contributed by atoms with Gasteiger partial charge in [-0.25, -0.2) is 10.3 Å². The average Bonchev–Trinajstić information content (AvgIpc) is 2.33. The van der Waals surface area contributed by atoms with Crippen LogP contribution >= 0.6 is 0 Å². The van der Waals surface area contributed by atoms with Crippen molar-refractivity contribution < 1.29 is 0 Å². The van der Waals surface area contributed by atoms with Gasteiger partial charge in [0.25, 0.3) is 0 Å². The van der Waals surface area contributed by atoms with E-state index in [2.05, 4.69) is 21.5 Å². The minimum atomic E-state index is 0.828. The highest BCUT2D eigenvalue weighted by atomic mass is 15.0. The van der Waals surface area contributed by atoms with Crippen LogP contribution in [0.4, 0.5) is 11.4 Å². The highest BCUT2D eigenvalue weighted by Crippen LogP contribution is 2.25. The summed E-state index contributed by atoms with van der Waals surface area (Å²) in [5.74, 6) is 0. The molecule has 2 heterocycles. The molecule has 3 heteroatoms. The second kappa shape index (κ2) is 1.55. The third-order valence-electron chi connectivity index (χ3n) is 1.12. The van der Waals surface area contributed by atoms with E-state index in [-0.39, 0.29) is 0 Å². The van der Waals surface area contributed by atoms with Crippen LogP contribution in [0.5, 0.6) is 0 Å². The first-order valence-corrected chi connectivity index (χ1v) is 2.56. The molecular formula is C6H3N3. The summed E-state index contributed by atoms with van der Waals surface area (Å²) in [4.78, 5) is 7.68. The summed E-state index contributed by atoms with van der Waals surface area (Å²) >= 11 is 0. The summed E-state index contributed by atoms with van der Waals surface area (Å²) in [7, 11) is 0. The lowest BCUT2D eigenvalue weighted by Crippen LogP contribution is -1.84. The van der Waals surface area contributed by atoms with Crippen molar-refractivity contribution in [3.63, 3.8) is 0 Å². The van der Waals surface area contributed by atoms with Crippen LogP contribution in [0.3, 0.4) is 0 Å². The molecule has 1 aliphatic heterocycles. The number of hydrogen-bond acceptors (Lipinski definition) is 2. The van der Waals surface area contributed by atoms with Gasteiger partial charge >= 0.3 is 0 Å². The molecule has 0 N–H and O–H groups in total. The highest BCUT2D eigenvalue weighted by molar-refractivity contribution is 5.80. The second-order valence-corrected chi connectivity index (χ2v) is 1.68. The van der Waals surface area contributed by atoms with Crippen molar-refractivity contribution in [2.24, 2.45) is 4.99 Å². The molecule has 0 saturated carbocycles. The SMILES string of the molecule is [c]1cc2c(cn1)N=C[N]2. The molecule has 1 aromatic rings. The highest BCUT2D eigenvalue weighted by Gasteiger charge is 2.04. The fraction of sp³-hybridized carbons (Fsp3) is 0. The number of pyridine rings is 1. The largest absolute Gasteiger partial charge is 0.252 e. The predicted molar refractivity (Wildman–Crippen MR) is 33.0 cm³/mol. The van der Waals surface area contributed by atoms with Crippen LogP contribution in [0, 0.1) is 6.20 Å². The van der Waals surface area contributed by atoms with E-state index >= 15 is 0 Å². The molecule has 2 radical (unpaired) electrons. The van der Waals surface area contributed by atoms with Crippen LogP contribution in [0.25, 0.3) is 0 Å². The fourth-order valence-corrected chi connectivity index (χ4v) is 0.693. The van der Waals surface area contributed by atoms with E-state index in [1.807, 2.05) is 0 Å². The third kappa shape index (κ3) is 0.579. The van der Waals surface area contributed by atoms with E-state index in [9.17, 15) is 0 Å². The van der Waals surface area contributed by atoms with Gasteiger partial charge in [-0.05, 0) is 6.07 Å². The molecule has 42 valence electrons. The van der Waals surface area contributed by atoms with Crippen LogP contribution < -0.4 is 5.32 Å². The molecule has 0 bridgehead atoms. The number of aromatic nitrogens is 1. The van der Waals surface area contributed by atoms with E-state index in [1.165, 1.54) is 6.34 Å². The first-order valence-electron chi connectivity index (χ1n) is 2.56. The first kappa shape index (κ1) is 4.49. The number of nitrogens with zero attached hydrogens (tertiary/aromatic N) is 3.